The van der Waals surface area contributed by atoms with E-state index in [1.807, 2.05) is 6.92 Å². The number of anilines is 2. The SMILES string of the molecule is CCOCCNc1c(N)cncc1Br. The van der Waals surface area contributed by atoms with Gasteiger partial charge in [0, 0.05) is 19.3 Å². The summed E-state index contributed by atoms with van der Waals surface area (Å²) < 4.78 is 6.07. The molecule has 0 aliphatic heterocycles. The molecule has 1 heterocycles. The second-order valence-electron chi connectivity index (χ2n) is 2.71. The molecule has 0 saturated heterocycles. The second-order valence-corrected chi connectivity index (χ2v) is 3.56. The summed E-state index contributed by atoms with van der Waals surface area (Å²) >= 11 is 3.37. The molecule has 78 valence electrons. The first-order valence-corrected chi connectivity index (χ1v) is 5.25. The number of nitrogen functional groups attached to an aromatic ring is 1. The third kappa shape index (κ3) is 3.16. The van der Waals surface area contributed by atoms with Gasteiger partial charge in [-0.25, -0.2) is 0 Å². The van der Waals surface area contributed by atoms with Gasteiger partial charge in [0.2, 0.25) is 0 Å². The van der Waals surface area contributed by atoms with Crippen LogP contribution in [-0.4, -0.2) is 24.7 Å². The van der Waals surface area contributed by atoms with E-state index in [9.17, 15) is 0 Å². The van der Waals surface area contributed by atoms with Crippen LogP contribution in [0.25, 0.3) is 0 Å². The summed E-state index contributed by atoms with van der Waals surface area (Å²) in [5, 5.41) is 3.18. The zero-order chi connectivity index (χ0) is 10.4. The van der Waals surface area contributed by atoms with E-state index < -0.39 is 0 Å². The average Bonchev–Trinajstić information content (AvgIpc) is 2.16. The molecular formula is C9H14BrN3O. The van der Waals surface area contributed by atoms with Gasteiger partial charge in [0.25, 0.3) is 0 Å². The lowest BCUT2D eigenvalue weighted by molar-refractivity contribution is 0.158. The van der Waals surface area contributed by atoms with Gasteiger partial charge in [0.05, 0.1) is 28.7 Å². The predicted molar refractivity (Wildman–Crippen MR) is 61.3 cm³/mol. The molecule has 0 aliphatic rings. The van der Waals surface area contributed by atoms with Crippen LogP contribution in [-0.2, 0) is 4.74 Å². The Morgan fingerprint density at radius 1 is 1.57 bits per heavy atom. The number of nitrogens with zero attached hydrogens (tertiary/aromatic N) is 1. The van der Waals surface area contributed by atoms with Gasteiger partial charge in [-0.05, 0) is 22.9 Å². The van der Waals surface area contributed by atoms with Crippen molar-refractivity contribution < 1.29 is 4.74 Å². The fourth-order valence-electron chi connectivity index (χ4n) is 1.03. The highest BCUT2D eigenvalue weighted by Crippen LogP contribution is 2.26. The first-order chi connectivity index (χ1) is 6.75. The molecule has 0 aliphatic carbocycles. The van der Waals surface area contributed by atoms with Crippen molar-refractivity contribution in [2.45, 2.75) is 6.92 Å². The van der Waals surface area contributed by atoms with Crippen molar-refractivity contribution in [3.05, 3.63) is 16.9 Å². The van der Waals surface area contributed by atoms with E-state index in [0.717, 1.165) is 23.3 Å². The van der Waals surface area contributed by atoms with Crippen molar-refractivity contribution in [1.29, 1.82) is 0 Å². The third-order valence-electron chi connectivity index (χ3n) is 1.68. The molecule has 1 aromatic rings. The lowest BCUT2D eigenvalue weighted by Crippen LogP contribution is -2.11. The van der Waals surface area contributed by atoms with Crippen molar-refractivity contribution in [2.75, 3.05) is 30.8 Å². The molecule has 0 fully saturated rings. The summed E-state index contributed by atoms with van der Waals surface area (Å²) in [6, 6.07) is 0. The van der Waals surface area contributed by atoms with Crippen molar-refractivity contribution in [2.24, 2.45) is 0 Å². The molecule has 0 saturated carbocycles. The van der Waals surface area contributed by atoms with Crippen molar-refractivity contribution in [3.63, 3.8) is 0 Å². The summed E-state index contributed by atoms with van der Waals surface area (Å²) in [7, 11) is 0. The van der Waals surface area contributed by atoms with Gasteiger partial charge >= 0.3 is 0 Å². The number of rotatable bonds is 5. The number of pyridine rings is 1. The Labute approximate surface area is 92.0 Å². The first-order valence-electron chi connectivity index (χ1n) is 4.46. The molecule has 5 heteroatoms. The van der Waals surface area contributed by atoms with Crippen LogP contribution < -0.4 is 11.1 Å². The zero-order valence-corrected chi connectivity index (χ0v) is 9.67. The van der Waals surface area contributed by atoms with Crippen molar-refractivity contribution in [1.82, 2.24) is 4.98 Å². The summed E-state index contributed by atoms with van der Waals surface area (Å²) in [6.07, 6.45) is 3.33. The van der Waals surface area contributed by atoms with Crippen LogP contribution in [0, 0.1) is 0 Å². The van der Waals surface area contributed by atoms with Gasteiger partial charge in [0.15, 0.2) is 0 Å². The first kappa shape index (κ1) is 11.3. The Hall–Kier alpha value is -0.810. The molecule has 0 amide bonds. The molecule has 0 aromatic carbocycles. The molecule has 0 spiro atoms. The Bertz CT molecular complexity index is 273. The fraction of sp³-hybridized carbons (Fsp3) is 0.444. The maximum atomic E-state index is 5.74. The molecule has 0 unspecified atom stereocenters. The van der Waals surface area contributed by atoms with E-state index in [-0.39, 0.29) is 0 Å². The largest absolute Gasteiger partial charge is 0.396 e. The van der Waals surface area contributed by atoms with Crippen LogP contribution >= 0.6 is 15.9 Å². The Kier molecular flexibility index (Phi) is 4.69. The van der Waals surface area contributed by atoms with Crippen LogP contribution in [0.3, 0.4) is 0 Å². The minimum Gasteiger partial charge on any atom is -0.396 e. The molecule has 4 nitrogen and oxygen atoms in total. The van der Waals surface area contributed by atoms with Crippen LogP contribution in [0.4, 0.5) is 11.4 Å². The van der Waals surface area contributed by atoms with E-state index in [1.54, 1.807) is 12.4 Å². The predicted octanol–water partition coefficient (Wildman–Crippen LogP) is 1.87. The minimum absolute atomic E-state index is 0.635. The monoisotopic (exact) mass is 259 g/mol. The minimum atomic E-state index is 0.635. The molecule has 3 N–H and O–H groups in total. The van der Waals surface area contributed by atoms with Gasteiger partial charge < -0.3 is 15.8 Å². The summed E-state index contributed by atoms with van der Waals surface area (Å²) in [4.78, 5) is 3.95. The number of ether oxygens (including phenoxy) is 1. The average molecular weight is 260 g/mol. The van der Waals surface area contributed by atoms with Gasteiger partial charge in [-0.15, -0.1) is 0 Å². The molecule has 0 atom stereocenters. The van der Waals surface area contributed by atoms with Crippen molar-refractivity contribution in [3.8, 4) is 0 Å². The number of nitrogens with two attached hydrogens (primary N) is 1. The molecule has 0 radical (unpaired) electrons. The van der Waals surface area contributed by atoms with Gasteiger partial charge in [-0.3, -0.25) is 4.98 Å². The topological polar surface area (TPSA) is 60.2 Å². The maximum Gasteiger partial charge on any atom is 0.0750 e. The molecule has 1 rings (SSSR count). The number of halogens is 1. The van der Waals surface area contributed by atoms with Gasteiger partial charge in [0.1, 0.15) is 0 Å². The highest BCUT2D eigenvalue weighted by molar-refractivity contribution is 9.10. The van der Waals surface area contributed by atoms with Gasteiger partial charge in [-0.2, -0.15) is 0 Å². The fourth-order valence-corrected chi connectivity index (χ4v) is 1.52. The lowest BCUT2D eigenvalue weighted by Gasteiger charge is -2.10. The highest BCUT2D eigenvalue weighted by Gasteiger charge is 2.02. The smallest absolute Gasteiger partial charge is 0.0750 e. The Morgan fingerprint density at radius 3 is 3.00 bits per heavy atom. The zero-order valence-electron chi connectivity index (χ0n) is 8.09. The van der Waals surface area contributed by atoms with Gasteiger partial charge in [-0.1, -0.05) is 0 Å². The van der Waals surface area contributed by atoms with Crippen LogP contribution in [0.2, 0.25) is 0 Å². The van der Waals surface area contributed by atoms with E-state index in [0.29, 0.717) is 12.3 Å². The Balaban J connectivity index is 2.49. The van der Waals surface area contributed by atoms with E-state index in [2.05, 4.69) is 26.2 Å². The van der Waals surface area contributed by atoms with E-state index in [1.165, 1.54) is 0 Å². The normalized spacial score (nSPS) is 10.1. The quantitative estimate of drug-likeness (QED) is 0.793. The molecule has 1 aromatic heterocycles. The summed E-state index contributed by atoms with van der Waals surface area (Å²) in [6.45, 7) is 4.11. The van der Waals surface area contributed by atoms with Crippen LogP contribution in [0.5, 0.6) is 0 Å². The number of hydrogen-bond acceptors (Lipinski definition) is 4. The second kappa shape index (κ2) is 5.82. The number of nitrogens with one attached hydrogen (secondary N) is 1. The number of hydrogen-bond donors (Lipinski definition) is 2. The third-order valence-corrected chi connectivity index (χ3v) is 2.28. The molecule has 14 heavy (non-hydrogen) atoms. The van der Waals surface area contributed by atoms with E-state index in [4.69, 9.17) is 10.5 Å². The van der Waals surface area contributed by atoms with Crippen LogP contribution in [0.1, 0.15) is 6.92 Å². The maximum absolute atomic E-state index is 5.74. The molecular weight excluding hydrogens is 246 g/mol. The summed E-state index contributed by atoms with van der Waals surface area (Å²) in [5.74, 6) is 0. The molecule has 0 bridgehead atoms. The lowest BCUT2D eigenvalue weighted by atomic mass is 10.3. The standard InChI is InChI=1S/C9H14BrN3O/c1-2-14-4-3-13-9-7(10)5-12-6-8(9)11/h5-6H,2-4,11H2,1H3,(H,12,13). The Morgan fingerprint density at radius 2 is 2.36 bits per heavy atom. The highest BCUT2D eigenvalue weighted by atomic mass is 79.9. The van der Waals surface area contributed by atoms with Crippen molar-refractivity contribution >= 4 is 27.3 Å². The summed E-state index contributed by atoms with van der Waals surface area (Å²) in [5.41, 5.74) is 7.25. The van der Waals surface area contributed by atoms with Crippen LogP contribution in [0.15, 0.2) is 16.9 Å². The van der Waals surface area contributed by atoms with E-state index >= 15 is 0 Å². The number of aromatic nitrogens is 1.